The van der Waals surface area contributed by atoms with Crippen LogP contribution in [0.15, 0.2) is 12.7 Å². The summed E-state index contributed by atoms with van der Waals surface area (Å²) in [5.74, 6) is -1.57. The van der Waals surface area contributed by atoms with Crippen molar-refractivity contribution in [2.45, 2.75) is 0 Å². The molecule has 11 heavy (non-hydrogen) atoms. The summed E-state index contributed by atoms with van der Waals surface area (Å²) in [5, 5.41) is 1.81. The molecule has 0 aliphatic carbocycles. The number of hydrogen-bond donors (Lipinski definition) is 1. The summed E-state index contributed by atoms with van der Waals surface area (Å²) in [4.78, 5) is 10.2. The van der Waals surface area contributed by atoms with Crippen molar-refractivity contribution in [2.75, 3.05) is 5.88 Å². The number of nitrogens with one attached hydrogen (secondary N) is 1. The van der Waals surface area contributed by atoms with Gasteiger partial charge < -0.3 is 9.87 Å². The molecule has 0 radical (unpaired) electrons. The zero-order valence-corrected chi connectivity index (χ0v) is 9.97. The van der Waals surface area contributed by atoms with Crippen LogP contribution in [-0.4, -0.2) is 24.8 Å². The minimum Gasteiger partial charge on any atom is -0.747 e. The predicted octanol–water partition coefficient (Wildman–Crippen LogP) is -4.20. The van der Waals surface area contributed by atoms with Gasteiger partial charge in [-0.2, -0.15) is 0 Å². The van der Waals surface area contributed by atoms with Gasteiger partial charge in [-0.25, -0.2) is 8.42 Å². The van der Waals surface area contributed by atoms with Crippen LogP contribution in [0, 0.1) is 0 Å². The molecule has 58 valence electrons. The van der Waals surface area contributed by atoms with Crippen LogP contribution in [0.25, 0.3) is 0 Å². The van der Waals surface area contributed by atoms with Crippen molar-refractivity contribution in [2.24, 2.45) is 0 Å². The van der Waals surface area contributed by atoms with E-state index in [-0.39, 0.29) is 51.4 Å². The first-order chi connectivity index (χ1) is 4.45. The van der Waals surface area contributed by atoms with Gasteiger partial charge in [0.05, 0.1) is 0 Å². The minimum absolute atomic E-state index is 0. The van der Waals surface area contributed by atoms with Crippen LogP contribution >= 0.6 is 0 Å². The van der Waals surface area contributed by atoms with E-state index in [9.17, 15) is 17.8 Å². The van der Waals surface area contributed by atoms with Gasteiger partial charge in [0, 0.05) is 0 Å². The normalized spacial score (nSPS) is 9.55. The summed E-state index contributed by atoms with van der Waals surface area (Å²) >= 11 is 0. The van der Waals surface area contributed by atoms with Gasteiger partial charge in [-0.1, -0.05) is 6.58 Å². The third-order valence-electron chi connectivity index (χ3n) is 0.609. The van der Waals surface area contributed by atoms with Gasteiger partial charge in [0.25, 0.3) is 0 Å². The first-order valence-electron chi connectivity index (χ1n) is 2.29. The largest absolute Gasteiger partial charge is 1.00 e. The molecule has 0 saturated heterocycles. The molecule has 1 N–H and O–H groups in total. The van der Waals surface area contributed by atoms with E-state index in [1.165, 1.54) is 0 Å². The number of hydrogen-bond acceptors (Lipinski definition) is 4. The molecule has 5 nitrogen and oxygen atoms in total. The van der Waals surface area contributed by atoms with Gasteiger partial charge in [0.2, 0.25) is 5.91 Å². The summed E-state index contributed by atoms with van der Waals surface area (Å²) in [6, 6.07) is 0. The van der Waals surface area contributed by atoms with Crippen molar-refractivity contribution in [3.63, 3.8) is 0 Å². The molecule has 0 saturated carbocycles. The Hall–Kier alpha value is 0.756. The van der Waals surface area contributed by atoms with Gasteiger partial charge in [-0.05, 0) is 6.08 Å². The first-order valence-corrected chi connectivity index (χ1v) is 3.87. The first kappa shape index (κ1) is 14.3. The fraction of sp³-hybridized carbons (Fsp3) is 0.250. The molecule has 0 aromatic rings. The van der Waals surface area contributed by atoms with E-state index in [4.69, 9.17) is 0 Å². The smallest absolute Gasteiger partial charge is 0.747 e. The number of carbonyl (C=O) groups excluding carboxylic acids is 1. The second kappa shape index (κ2) is 6.29. The van der Waals surface area contributed by atoms with E-state index < -0.39 is 21.9 Å². The molecule has 0 fully saturated rings. The summed E-state index contributed by atoms with van der Waals surface area (Å²) in [6.45, 7) is 3.05. The quantitative estimate of drug-likeness (QED) is 0.286. The Morgan fingerprint density at radius 1 is 1.64 bits per heavy atom. The van der Waals surface area contributed by atoms with Crippen LogP contribution in [0.4, 0.5) is 0 Å². The summed E-state index contributed by atoms with van der Waals surface area (Å²) in [7, 11) is -4.36. The summed E-state index contributed by atoms with van der Waals surface area (Å²) in [6.07, 6.45) is 0.880. The fourth-order valence-corrected chi connectivity index (χ4v) is 0.551. The maximum atomic E-state index is 10.2. The molecule has 0 aromatic heterocycles. The van der Waals surface area contributed by atoms with Crippen molar-refractivity contribution < 1.29 is 69.1 Å². The minimum atomic E-state index is -4.36. The van der Waals surface area contributed by atoms with Crippen LogP contribution in [0.2, 0.25) is 0 Å². The SMILES string of the molecule is C=CC(=O)NCS(=O)(=O)[O-].[K+]. The summed E-state index contributed by atoms with van der Waals surface area (Å²) in [5.41, 5.74) is 0. The molecule has 0 aliphatic heterocycles. The molecule has 0 aromatic carbocycles. The van der Waals surface area contributed by atoms with Gasteiger partial charge in [-0.3, -0.25) is 4.79 Å². The summed E-state index contributed by atoms with van der Waals surface area (Å²) < 4.78 is 29.5. The van der Waals surface area contributed by atoms with Crippen LogP contribution in [0.5, 0.6) is 0 Å². The molecule has 0 aliphatic rings. The van der Waals surface area contributed by atoms with Crippen LogP contribution in [0.1, 0.15) is 0 Å². The van der Waals surface area contributed by atoms with Crippen LogP contribution in [0.3, 0.4) is 0 Å². The Balaban J connectivity index is 0. The van der Waals surface area contributed by atoms with Gasteiger partial charge in [0.1, 0.15) is 16.0 Å². The van der Waals surface area contributed by atoms with Crippen molar-refractivity contribution in [1.82, 2.24) is 5.32 Å². The van der Waals surface area contributed by atoms with Crippen molar-refractivity contribution in [3.05, 3.63) is 12.7 Å². The third-order valence-corrected chi connectivity index (χ3v) is 1.11. The monoisotopic (exact) mass is 203 g/mol. The maximum Gasteiger partial charge on any atom is 1.00 e. The molecule has 0 spiro atoms. The second-order valence-corrected chi connectivity index (χ2v) is 2.85. The predicted molar refractivity (Wildman–Crippen MR) is 32.9 cm³/mol. The van der Waals surface area contributed by atoms with E-state index in [1.54, 1.807) is 0 Å². The van der Waals surface area contributed by atoms with E-state index in [2.05, 4.69) is 6.58 Å². The average Bonchev–Trinajstić information content (AvgIpc) is 1.81. The molecule has 7 heteroatoms. The maximum absolute atomic E-state index is 10.2. The molecular formula is C4H6KNO4S. The van der Waals surface area contributed by atoms with E-state index in [1.807, 2.05) is 5.32 Å². The Morgan fingerprint density at radius 2 is 2.09 bits per heavy atom. The Bertz CT molecular complexity index is 234. The Kier molecular flexibility index (Phi) is 8.17. The number of amides is 1. The zero-order valence-electron chi connectivity index (χ0n) is 6.03. The van der Waals surface area contributed by atoms with Crippen LogP contribution in [-0.2, 0) is 14.9 Å². The standard InChI is InChI=1S/C4H7NO4S.K/c1-2-4(6)5-3-10(7,8)9;/h2H,1,3H2,(H,5,6)(H,7,8,9);/q;+1/p-1. The molecular weight excluding hydrogens is 197 g/mol. The number of rotatable bonds is 3. The topological polar surface area (TPSA) is 86.3 Å². The number of carbonyl (C=O) groups is 1. The molecule has 1 amide bonds. The molecule has 0 heterocycles. The van der Waals surface area contributed by atoms with Crippen LogP contribution < -0.4 is 56.7 Å². The van der Waals surface area contributed by atoms with Crippen molar-refractivity contribution in [3.8, 4) is 0 Å². The van der Waals surface area contributed by atoms with E-state index >= 15 is 0 Å². The van der Waals surface area contributed by atoms with Crippen molar-refractivity contribution in [1.29, 1.82) is 0 Å². The van der Waals surface area contributed by atoms with E-state index in [0.717, 1.165) is 6.08 Å². The molecule has 0 unspecified atom stereocenters. The Labute approximate surface area is 107 Å². The average molecular weight is 203 g/mol. The second-order valence-electron chi connectivity index (χ2n) is 1.45. The van der Waals surface area contributed by atoms with Crippen molar-refractivity contribution >= 4 is 16.0 Å². The zero-order chi connectivity index (χ0) is 8.20. The third kappa shape index (κ3) is 10.8. The van der Waals surface area contributed by atoms with Gasteiger partial charge in [0.15, 0.2) is 0 Å². The Morgan fingerprint density at radius 3 is 2.36 bits per heavy atom. The van der Waals surface area contributed by atoms with E-state index in [0.29, 0.717) is 0 Å². The molecule has 0 bridgehead atoms. The van der Waals surface area contributed by atoms with Gasteiger partial charge >= 0.3 is 51.4 Å². The molecule has 0 rings (SSSR count). The van der Waals surface area contributed by atoms with Gasteiger partial charge in [-0.15, -0.1) is 0 Å². The molecule has 0 atom stereocenters. The fourth-order valence-electron chi connectivity index (χ4n) is 0.232.